The van der Waals surface area contributed by atoms with Crippen LogP contribution >= 0.6 is 22.6 Å². The standard InChI is InChI=1S/C17H13FINO3/c1-23-17(22)11-2-5-15-10(8-11)6-7-20(15)16(21)13-4-3-12(18)9-14(13)19/h2-5,8-9H,6-7H2,1H3. The predicted octanol–water partition coefficient (Wildman–Crippen LogP) is 3.42. The second-order valence-corrected chi connectivity index (χ2v) is 6.33. The van der Waals surface area contributed by atoms with Crippen molar-refractivity contribution in [2.75, 3.05) is 18.6 Å². The summed E-state index contributed by atoms with van der Waals surface area (Å²) in [7, 11) is 1.34. The number of methoxy groups -OCH3 is 1. The number of rotatable bonds is 2. The summed E-state index contributed by atoms with van der Waals surface area (Å²) in [6, 6.07) is 9.27. The fraction of sp³-hybridized carbons (Fsp3) is 0.176. The van der Waals surface area contributed by atoms with Gasteiger partial charge in [0, 0.05) is 15.8 Å². The largest absolute Gasteiger partial charge is 0.465 e. The third kappa shape index (κ3) is 2.95. The fourth-order valence-corrected chi connectivity index (χ4v) is 3.37. The Labute approximate surface area is 146 Å². The van der Waals surface area contributed by atoms with Crippen LogP contribution in [0.2, 0.25) is 0 Å². The van der Waals surface area contributed by atoms with E-state index in [2.05, 4.69) is 0 Å². The smallest absolute Gasteiger partial charge is 0.337 e. The summed E-state index contributed by atoms with van der Waals surface area (Å²) in [6.07, 6.45) is 0.670. The molecule has 23 heavy (non-hydrogen) atoms. The maximum absolute atomic E-state index is 13.2. The SMILES string of the molecule is COC(=O)c1ccc2c(c1)CCN2C(=O)c1ccc(F)cc1I. The van der Waals surface area contributed by atoms with E-state index in [1.54, 1.807) is 23.1 Å². The number of halogens is 2. The van der Waals surface area contributed by atoms with Crippen LogP contribution in [0.3, 0.4) is 0 Å². The zero-order valence-corrected chi connectivity index (χ0v) is 14.5. The van der Waals surface area contributed by atoms with E-state index < -0.39 is 5.97 Å². The molecule has 4 nitrogen and oxygen atoms in total. The minimum absolute atomic E-state index is 0.168. The molecule has 0 unspecified atom stereocenters. The second kappa shape index (κ2) is 6.27. The van der Waals surface area contributed by atoms with Gasteiger partial charge in [-0.3, -0.25) is 4.79 Å². The third-order valence-corrected chi connectivity index (χ3v) is 4.70. The Morgan fingerprint density at radius 2 is 2.00 bits per heavy atom. The number of ether oxygens (including phenoxy) is 1. The number of benzene rings is 2. The molecule has 0 saturated heterocycles. The van der Waals surface area contributed by atoms with Gasteiger partial charge in [-0.1, -0.05) is 0 Å². The van der Waals surface area contributed by atoms with Gasteiger partial charge < -0.3 is 9.64 Å². The molecule has 0 fully saturated rings. The molecule has 1 aliphatic rings. The van der Waals surface area contributed by atoms with Crippen molar-refractivity contribution >= 4 is 40.2 Å². The van der Waals surface area contributed by atoms with Crippen molar-refractivity contribution in [3.05, 3.63) is 62.5 Å². The molecule has 118 valence electrons. The highest BCUT2D eigenvalue weighted by Crippen LogP contribution is 2.31. The van der Waals surface area contributed by atoms with Crippen LogP contribution in [-0.2, 0) is 11.2 Å². The summed E-state index contributed by atoms with van der Waals surface area (Å²) in [6.45, 7) is 0.534. The maximum Gasteiger partial charge on any atom is 0.337 e. The summed E-state index contributed by atoms with van der Waals surface area (Å²) in [5.41, 5.74) is 2.65. The topological polar surface area (TPSA) is 46.6 Å². The molecule has 2 aromatic rings. The van der Waals surface area contributed by atoms with Gasteiger partial charge in [-0.15, -0.1) is 0 Å². The second-order valence-electron chi connectivity index (χ2n) is 5.17. The van der Waals surface area contributed by atoms with E-state index in [-0.39, 0.29) is 11.7 Å². The molecule has 0 bridgehead atoms. The lowest BCUT2D eigenvalue weighted by Crippen LogP contribution is -2.29. The highest BCUT2D eigenvalue weighted by atomic mass is 127. The van der Waals surface area contributed by atoms with Gasteiger partial charge in [0.1, 0.15) is 5.82 Å². The van der Waals surface area contributed by atoms with E-state index in [9.17, 15) is 14.0 Å². The summed E-state index contributed by atoms with van der Waals surface area (Å²) in [5.74, 6) is -0.930. The molecule has 3 rings (SSSR count). The van der Waals surface area contributed by atoms with Gasteiger partial charge in [0.2, 0.25) is 0 Å². The number of amides is 1. The fourth-order valence-electron chi connectivity index (χ4n) is 2.67. The Kier molecular flexibility index (Phi) is 4.34. The average molecular weight is 425 g/mol. The Morgan fingerprint density at radius 3 is 2.70 bits per heavy atom. The van der Waals surface area contributed by atoms with Gasteiger partial charge in [-0.25, -0.2) is 9.18 Å². The number of hydrogen-bond donors (Lipinski definition) is 0. The molecule has 0 spiro atoms. The maximum atomic E-state index is 13.2. The molecular formula is C17H13FINO3. The van der Waals surface area contributed by atoms with Crippen molar-refractivity contribution in [2.24, 2.45) is 0 Å². The van der Waals surface area contributed by atoms with Gasteiger partial charge in [0.25, 0.3) is 5.91 Å². The van der Waals surface area contributed by atoms with E-state index in [1.165, 1.54) is 25.3 Å². The van der Waals surface area contributed by atoms with Gasteiger partial charge in [0.05, 0.1) is 18.2 Å². The average Bonchev–Trinajstić information content (AvgIpc) is 2.96. The number of carbonyl (C=O) groups is 2. The van der Waals surface area contributed by atoms with Gasteiger partial charge in [-0.05, 0) is 71.0 Å². The lowest BCUT2D eigenvalue weighted by Gasteiger charge is -2.18. The lowest BCUT2D eigenvalue weighted by molar-refractivity contribution is 0.0600. The number of fused-ring (bicyclic) bond motifs is 1. The lowest BCUT2D eigenvalue weighted by atomic mass is 10.1. The molecule has 0 radical (unpaired) electrons. The predicted molar refractivity (Wildman–Crippen MR) is 92.3 cm³/mol. The van der Waals surface area contributed by atoms with Gasteiger partial charge >= 0.3 is 5.97 Å². The first kappa shape index (κ1) is 15.9. The molecular weight excluding hydrogens is 412 g/mol. The Balaban J connectivity index is 1.93. The Hall–Kier alpha value is -1.96. The van der Waals surface area contributed by atoms with Crippen molar-refractivity contribution < 1.29 is 18.7 Å². The van der Waals surface area contributed by atoms with E-state index >= 15 is 0 Å². The van der Waals surface area contributed by atoms with E-state index in [1.807, 2.05) is 22.6 Å². The van der Waals surface area contributed by atoms with Crippen LogP contribution in [0.4, 0.5) is 10.1 Å². The molecule has 6 heteroatoms. The van der Waals surface area contributed by atoms with Crippen molar-refractivity contribution in [1.82, 2.24) is 0 Å². The summed E-state index contributed by atoms with van der Waals surface area (Å²) < 4.78 is 18.5. The van der Waals surface area contributed by atoms with Gasteiger partial charge in [0.15, 0.2) is 0 Å². The first-order valence-corrected chi connectivity index (χ1v) is 8.07. The highest BCUT2D eigenvalue weighted by molar-refractivity contribution is 14.1. The quantitative estimate of drug-likeness (QED) is 0.548. The van der Waals surface area contributed by atoms with Crippen molar-refractivity contribution in [3.63, 3.8) is 0 Å². The minimum Gasteiger partial charge on any atom is -0.465 e. The first-order chi connectivity index (χ1) is 11.0. The molecule has 0 N–H and O–H groups in total. The van der Waals surface area contributed by atoms with E-state index in [4.69, 9.17) is 4.74 Å². The highest BCUT2D eigenvalue weighted by Gasteiger charge is 2.27. The minimum atomic E-state index is -0.398. The molecule has 0 aromatic heterocycles. The molecule has 0 saturated carbocycles. The van der Waals surface area contributed by atoms with Crippen LogP contribution in [0, 0.1) is 9.39 Å². The van der Waals surface area contributed by atoms with Crippen LogP contribution in [0.15, 0.2) is 36.4 Å². The number of anilines is 1. The van der Waals surface area contributed by atoms with E-state index in [0.717, 1.165) is 11.3 Å². The van der Waals surface area contributed by atoms with Crippen molar-refractivity contribution in [2.45, 2.75) is 6.42 Å². The number of esters is 1. The Bertz CT molecular complexity index is 806. The van der Waals surface area contributed by atoms with Crippen LogP contribution in [0.5, 0.6) is 0 Å². The number of hydrogen-bond acceptors (Lipinski definition) is 3. The monoisotopic (exact) mass is 425 g/mol. The number of nitrogens with zero attached hydrogens (tertiary/aromatic N) is 1. The van der Waals surface area contributed by atoms with Crippen LogP contribution in [-0.4, -0.2) is 25.5 Å². The van der Waals surface area contributed by atoms with Crippen LogP contribution in [0.25, 0.3) is 0 Å². The molecule has 2 aromatic carbocycles. The van der Waals surface area contributed by atoms with Crippen molar-refractivity contribution in [3.8, 4) is 0 Å². The molecule has 0 aliphatic carbocycles. The molecule has 0 atom stereocenters. The molecule has 1 heterocycles. The zero-order valence-electron chi connectivity index (χ0n) is 12.3. The van der Waals surface area contributed by atoms with Crippen LogP contribution in [0.1, 0.15) is 26.3 Å². The first-order valence-electron chi connectivity index (χ1n) is 6.99. The molecule has 1 aliphatic heterocycles. The number of carbonyl (C=O) groups excluding carboxylic acids is 2. The normalized spacial score (nSPS) is 12.9. The van der Waals surface area contributed by atoms with Gasteiger partial charge in [-0.2, -0.15) is 0 Å². The summed E-state index contributed by atoms with van der Waals surface area (Å²) in [4.78, 5) is 26.0. The third-order valence-electron chi connectivity index (χ3n) is 3.80. The summed E-state index contributed by atoms with van der Waals surface area (Å²) in [5, 5.41) is 0. The van der Waals surface area contributed by atoms with Crippen LogP contribution < -0.4 is 4.90 Å². The molecule has 1 amide bonds. The van der Waals surface area contributed by atoms with E-state index in [0.29, 0.717) is 27.7 Å². The van der Waals surface area contributed by atoms with Crippen molar-refractivity contribution in [1.29, 1.82) is 0 Å². The Morgan fingerprint density at radius 1 is 1.22 bits per heavy atom. The zero-order chi connectivity index (χ0) is 16.6. The summed E-state index contributed by atoms with van der Waals surface area (Å²) >= 11 is 1.96.